The molecule has 0 bridgehead atoms. The van der Waals surface area contributed by atoms with Crippen LogP contribution in [0.15, 0.2) is 48.8 Å². The molecule has 8 heteroatoms. The van der Waals surface area contributed by atoms with Gasteiger partial charge in [0.1, 0.15) is 0 Å². The molecule has 1 aromatic carbocycles. The maximum Gasteiger partial charge on any atom is 0.319 e. The summed E-state index contributed by atoms with van der Waals surface area (Å²) in [6.45, 7) is 4.46. The van der Waals surface area contributed by atoms with Crippen LogP contribution in [0.1, 0.15) is 31.0 Å². The minimum absolute atomic E-state index is 0.151. The van der Waals surface area contributed by atoms with Crippen molar-refractivity contribution < 1.29 is 9.53 Å². The van der Waals surface area contributed by atoms with Crippen LogP contribution in [0, 0.1) is 0 Å². The number of nitrogens with zero attached hydrogens (tertiary/aromatic N) is 3. The SMILES string of the molecule is COc1cc(CNC(=O)Nc2cnn(-c3ccc(Cl)cc3)c2C(C)C)ccn1. The number of halogens is 1. The van der Waals surface area contributed by atoms with E-state index in [1.54, 1.807) is 25.6 Å². The maximum absolute atomic E-state index is 12.4. The summed E-state index contributed by atoms with van der Waals surface area (Å²) < 4.78 is 6.90. The number of hydrogen-bond donors (Lipinski definition) is 2. The van der Waals surface area contributed by atoms with E-state index in [9.17, 15) is 4.79 Å². The zero-order chi connectivity index (χ0) is 20.1. The van der Waals surface area contributed by atoms with Gasteiger partial charge in [0.25, 0.3) is 0 Å². The molecular weight excluding hydrogens is 378 g/mol. The van der Waals surface area contributed by atoms with Crippen LogP contribution in [0.25, 0.3) is 5.69 Å². The van der Waals surface area contributed by atoms with E-state index in [0.29, 0.717) is 23.1 Å². The molecule has 0 spiro atoms. The second-order valence-electron chi connectivity index (χ2n) is 6.50. The minimum atomic E-state index is -0.312. The number of rotatable bonds is 6. The number of pyridine rings is 1. The predicted molar refractivity (Wildman–Crippen MR) is 109 cm³/mol. The number of benzene rings is 1. The highest BCUT2D eigenvalue weighted by Crippen LogP contribution is 2.27. The first-order chi connectivity index (χ1) is 13.5. The number of carbonyl (C=O) groups is 1. The minimum Gasteiger partial charge on any atom is -0.481 e. The molecule has 0 aliphatic carbocycles. The Morgan fingerprint density at radius 3 is 2.68 bits per heavy atom. The lowest BCUT2D eigenvalue weighted by molar-refractivity contribution is 0.251. The van der Waals surface area contributed by atoms with Crippen molar-refractivity contribution >= 4 is 23.3 Å². The molecule has 0 aliphatic rings. The number of anilines is 1. The van der Waals surface area contributed by atoms with E-state index < -0.39 is 0 Å². The Kier molecular flexibility index (Phi) is 6.16. The normalized spacial score (nSPS) is 10.8. The second kappa shape index (κ2) is 8.75. The first kappa shape index (κ1) is 19.7. The molecule has 2 aromatic heterocycles. The number of carbonyl (C=O) groups excluding carboxylic acids is 1. The lowest BCUT2D eigenvalue weighted by Gasteiger charge is -2.14. The van der Waals surface area contributed by atoms with Crippen molar-refractivity contribution in [2.75, 3.05) is 12.4 Å². The highest BCUT2D eigenvalue weighted by Gasteiger charge is 2.17. The van der Waals surface area contributed by atoms with Crippen molar-refractivity contribution in [2.24, 2.45) is 0 Å². The fraction of sp³-hybridized carbons (Fsp3) is 0.250. The third kappa shape index (κ3) is 4.61. The van der Waals surface area contributed by atoms with Crippen LogP contribution in [0.4, 0.5) is 10.5 Å². The van der Waals surface area contributed by atoms with Crippen molar-refractivity contribution in [3.63, 3.8) is 0 Å². The molecule has 0 saturated carbocycles. The largest absolute Gasteiger partial charge is 0.481 e. The molecule has 0 radical (unpaired) electrons. The maximum atomic E-state index is 12.4. The van der Waals surface area contributed by atoms with Crippen molar-refractivity contribution in [3.8, 4) is 11.6 Å². The van der Waals surface area contributed by atoms with Gasteiger partial charge in [0.15, 0.2) is 0 Å². The number of hydrogen-bond acceptors (Lipinski definition) is 4. The molecule has 3 rings (SSSR count). The monoisotopic (exact) mass is 399 g/mol. The Morgan fingerprint density at radius 1 is 1.25 bits per heavy atom. The van der Waals surface area contributed by atoms with E-state index in [4.69, 9.17) is 16.3 Å². The fourth-order valence-electron chi connectivity index (χ4n) is 2.82. The van der Waals surface area contributed by atoms with Gasteiger partial charge in [-0.2, -0.15) is 5.10 Å². The van der Waals surface area contributed by atoms with E-state index in [-0.39, 0.29) is 11.9 Å². The number of amides is 2. The first-order valence-electron chi connectivity index (χ1n) is 8.85. The first-order valence-corrected chi connectivity index (χ1v) is 9.23. The van der Waals surface area contributed by atoms with Gasteiger partial charge in [-0.05, 0) is 41.8 Å². The molecule has 0 atom stereocenters. The standard InChI is InChI=1S/C20H22ClN5O2/c1-13(2)19-17(12-24-26(19)16-6-4-15(21)5-7-16)25-20(27)23-11-14-8-9-22-18(10-14)28-3/h4-10,12-13H,11H2,1-3H3,(H2,23,25,27). The number of ether oxygens (including phenoxy) is 1. The van der Waals surface area contributed by atoms with Crippen LogP contribution >= 0.6 is 11.6 Å². The quantitative estimate of drug-likeness (QED) is 0.644. The molecule has 2 N–H and O–H groups in total. The van der Waals surface area contributed by atoms with Gasteiger partial charge in [-0.15, -0.1) is 0 Å². The van der Waals surface area contributed by atoms with Crippen molar-refractivity contribution in [2.45, 2.75) is 26.3 Å². The third-order valence-corrected chi connectivity index (χ3v) is 4.39. The summed E-state index contributed by atoms with van der Waals surface area (Å²) in [4.78, 5) is 16.4. The Morgan fingerprint density at radius 2 is 2.00 bits per heavy atom. The Hall–Kier alpha value is -3.06. The summed E-state index contributed by atoms with van der Waals surface area (Å²) in [5, 5.41) is 10.8. The molecule has 28 heavy (non-hydrogen) atoms. The summed E-state index contributed by atoms with van der Waals surface area (Å²) in [7, 11) is 1.55. The van der Waals surface area contributed by atoms with Gasteiger partial charge in [0, 0.05) is 23.8 Å². The van der Waals surface area contributed by atoms with Gasteiger partial charge in [-0.3, -0.25) is 0 Å². The summed E-state index contributed by atoms with van der Waals surface area (Å²) in [5.41, 5.74) is 3.34. The van der Waals surface area contributed by atoms with Gasteiger partial charge in [0.05, 0.1) is 30.4 Å². The number of methoxy groups -OCH3 is 1. The van der Waals surface area contributed by atoms with Crippen LogP contribution in [-0.2, 0) is 6.54 Å². The third-order valence-electron chi connectivity index (χ3n) is 4.13. The topological polar surface area (TPSA) is 81.1 Å². The molecule has 3 aromatic rings. The second-order valence-corrected chi connectivity index (χ2v) is 6.94. The highest BCUT2D eigenvalue weighted by molar-refractivity contribution is 6.30. The Balaban J connectivity index is 1.72. The fourth-order valence-corrected chi connectivity index (χ4v) is 2.94. The van der Waals surface area contributed by atoms with Gasteiger partial charge in [-0.25, -0.2) is 14.5 Å². The lowest BCUT2D eigenvalue weighted by atomic mass is 10.1. The van der Waals surface area contributed by atoms with Crippen molar-refractivity contribution in [3.05, 3.63) is 65.1 Å². The zero-order valence-corrected chi connectivity index (χ0v) is 16.7. The molecule has 2 amide bonds. The van der Waals surface area contributed by atoms with Crippen molar-refractivity contribution in [1.29, 1.82) is 0 Å². The van der Waals surface area contributed by atoms with E-state index in [0.717, 1.165) is 16.9 Å². The van der Waals surface area contributed by atoms with Crippen LogP contribution in [0.3, 0.4) is 0 Å². The van der Waals surface area contributed by atoms with Gasteiger partial charge in [-0.1, -0.05) is 25.4 Å². The molecule has 0 saturated heterocycles. The number of urea groups is 1. The Bertz CT molecular complexity index is 953. The summed E-state index contributed by atoms with van der Waals surface area (Å²) in [6.07, 6.45) is 3.29. The molecule has 0 aliphatic heterocycles. The summed E-state index contributed by atoms with van der Waals surface area (Å²) >= 11 is 5.97. The van der Waals surface area contributed by atoms with E-state index in [2.05, 4.69) is 34.6 Å². The molecule has 7 nitrogen and oxygen atoms in total. The average Bonchev–Trinajstić information content (AvgIpc) is 3.11. The molecule has 146 valence electrons. The molecule has 2 heterocycles. The highest BCUT2D eigenvalue weighted by atomic mass is 35.5. The van der Waals surface area contributed by atoms with Crippen molar-refractivity contribution in [1.82, 2.24) is 20.1 Å². The van der Waals surface area contributed by atoms with E-state index in [1.165, 1.54) is 0 Å². The summed E-state index contributed by atoms with van der Waals surface area (Å²) in [5.74, 6) is 0.656. The molecular formula is C20H22ClN5O2. The summed E-state index contributed by atoms with van der Waals surface area (Å²) in [6, 6.07) is 10.7. The lowest BCUT2D eigenvalue weighted by Crippen LogP contribution is -2.28. The van der Waals surface area contributed by atoms with Crippen LogP contribution in [0.2, 0.25) is 5.02 Å². The van der Waals surface area contributed by atoms with Gasteiger partial charge >= 0.3 is 6.03 Å². The predicted octanol–water partition coefficient (Wildman–Crippen LogP) is 4.37. The smallest absolute Gasteiger partial charge is 0.319 e. The number of aromatic nitrogens is 3. The van der Waals surface area contributed by atoms with Crippen LogP contribution in [-0.4, -0.2) is 27.9 Å². The van der Waals surface area contributed by atoms with Crippen LogP contribution < -0.4 is 15.4 Å². The van der Waals surface area contributed by atoms with Gasteiger partial charge in [0.2, 0.25) is 5.88 Å². The van der Waals surface area contributed by atoms with Gasteiger partial charge < -0.3 is 15.4 Å². The number of nitrogens with one attached hydrogen (secondary N) is 2. The van der Waals surface area contributed by atoms with E-state index in [1.807, 2.05) is 35.0 Å². The Labute approximate surface area is 168 Å². The van der Waals surface area contributed by atoms with E-state index >= 15 is 0 Å². The molecule has 0 fully saturated rings. The average molecular weight is 400 g/mol. The van der Waals surface area contributed by atoms with Crippen LogP contribution in [0.5, 0.6) is 5.88 Å². The zero-order valence-electron chi connectivity index (χ0n) is 15.9. The molecule has 0 unspecified atom stereocenters.